The molecule has 1 unspecified atom stereocenters. The van der Waals surface area contributed by atoms with Crippen molar-refractivity contribution in [1.82, 2.24) is 4.98 Å². The van der Waals surface area contributed by atoms with Crippen molar-refractivity contribution in [3.63, 3.8) is 0 Å². The van der Waals surface area contributed by atoms with Crippen LogP contribution >= 0.6 is 11.3 Å². The van der Waals surface area contributed by atoms with Gasteiger partial charge in [-0.3, -0.25) is 0 Å². The molecule has 0 aliphatic carbocycles. The molecule has 1 N–H and O–H groups in total. The van der Waals surface area contributed by atoms with Crippen LogP contribution in [0, 0.1) is 0 Å². The molecule has 0 aliphatic rings. The molecule has 3 nitrogen and oxygen atoms in total. The van der Waals surface area contributed by atoms with Gasteiger partial charge in [-0.05, 0) is 30.0 Å². The third kappa shape index (κ3) is 3.01. The summed E-state index contributed by atoms with van der Waals surface area (Å²) < 4.78 is 0. The first-order valence-electron chi connectivity index (χ1n) is 6.14. The van der Waals surface area contributed by atoms with Crippen LogP contribution in [-0.4, -0.2) is 19.1 Å². The number of thiophene rings is 1. The summed E-state index contributed by atoms with van der Waals surface area (Å²) in [6.45, 7) is 2.19. The molecule has 2 aromatic heterocycles. The summed E-state index contributed by atoms with van der Waals surface area (Å²) in [5.74, 6) is 0.977. The molecule has 2 aromatic rings. The van der Waals surface area contributed by atoms with Gasteiger partial charge in [0.1, 0.15) is 5.82 Å². The number of aromatic nitrogens is 1. The Morgan fingerprint density at radius 3 is 2.67 bits per heavy atom. The van der Waals surface area contributed by atoms with Crippen molar-refractivity contribution in [2.24, 2.45) is 0 Å². The molecular weight excluding hydrogens is 242 g/mol. The Balaban J connectivity index is 2.08. The van der Waals surface area contributed by atoms with E-state index >= 15 is 0 Å². The zero-order chi connectivity index (χ0) is 13.0. The van der Waals surface area contributed by atoms with Crippen LogP contribution < -0.4 is 10.2 Å². The van der Waals surface area contributed by atoms with Crippen LogP contribution in [0.1, 0.15) is 24.3 Å². The van der Waals surface area contributed by atoms with Gasteiger partial charge in [0.25, 0.3) is 0 Å². The van der Waals surface area contributed by atoms with Gasteiger partial charge in [0, 0.05) is 19.0 Å². The number of nitrogens with zero attached hydrogens (tertiary/aromatic N) is 2. The lowest BCUT2D eigenvalue weighted by molar-refractivity contribution is 0.763. The quantitative estimate of drug-likeness (QED) is 0.888. The Hall–Kier alpha value is -1.55. The second-order valence-electron chi connectivity index (χ2n) is 4.42. The lowest BCUT2D eigenvalue weighted by Crippen LogP contribution is -2.11. The van der Waals surface area contributed by atoms with Crippen molar-refractivity contribution in [3.05, 3.63) is 40.7 Å². The predicted molar refractivity (Wildman–Crippen MR) is 79.5 cm³/mol. The summed E-state index contributed by atoms with van der Waals surface area (Å²) in [4.78, 5) is 7.78. The normalized spacial score (nSPS) is 12.2. The van der Waals surface area contributed by atoms with Gasteiger partial charge >= 0.3 is 0 Å². The topological polar surface area (TPSA) is 28.2 Å². The van der Waals surface area contributed by atoms with Gasteiger partial charge in [-0.1, -0.05) is 13.0 Å². The summed E-state index contributed by atoms with van der Waals surface area (Å²) in [6, 6.07) is 8.75. The fourth-order valence-electron chi connectivity index (χ4n) is 1.80. The van der Waals surface area contributed by atoms with E-state index in [1.54, 1.807) is 11.3 Å². The van der Waals surface area contributed by atoms with Crippen molar-refractivity contribution < 1.29 is 0 Å². The van der Waals surface area contributed by atoms with Crippen molar-refractivity contribution in [2.75, 3.05) is 24.3 Å². The third-order valence-electron chi connectivity index (χ3n) is 2.84. The molecule has 4 heteroatoms. The van der Waals surface area contributed by atoms with E-state index in [4.69, 9.17) is 0 Å². The average molecular weight is 261 g/mol. The first-order chi connectivity index (χ1) is 8.70. The summed E-state index contributed by atoms with van der Waals surface area (Å²) in [5, 5.41) is 5.64. The van der Waals surface area contributed by atoms with Crippen LogP contribution in [0.15, 0.2) is 35.8 Å². The minimum atomic E-state index is 0.372. The molecule has 0 radical (unpaired) electrons. The standard InChI is InChI=1S/C14H19N3S/c1-4-12(13-6-5-9-18-13)16-11-7-8-14(15-10-11)17(2)3/h5-10,12,16H,4H2,1-3H3. The minimum absolute atomic E-state index is 0.372. The maximum absolute atomic E-state index is 4.41. The third-order valence-corrected chi connectivity index (χ3v) is 3.83. The Bertz CT molecular complexity index is 462. The highest BCUT2D eigenvalue weighted by Crippen LogP contribution is 2.26. The van der Waals surface area contributed by atoms with Crippen molar-refractivity contribution in [3.8, 4) is 0 Å². The lowest BCUT2D eigenvalue weighted by atomic mass is 10.2. The maximum atomic E-state index is 4.41. The molecule has 18 heavy (non-hydrogen) atoms. The van der Waals surface area contributed by atoms with Gasteiger partial charge in [-0.15, -0.1) is 11.3 Å². The van der Waals surface area contributed by atoms with Crippen LogP contribution in [0.3, 0.4) is 0 Å². The van der Waals surface area contributed by atoms with E-state index in [2.05, 4.69) is 40.8 Å². The monoisotopic (exact) mass is 261 g/mol. The first-order valence-corrected chi connectivity index (χ1v) is 7.02. The average Bonchev–Trinajstić information content (AvgIpc) is 2.90. The molecule has 1 atom stereocenters. The second-order valence-corrected chi connectivity index (χ2v) is 5.40. The molecule has 96 valence electrons. The van der Waals surface area contributed by atoms with Gasteiger partial charge in [0.05, 0.1) is 17.9 Å². The number of hydrogen-bond donors (Lipinski definition) is 1. The zero-order valence-corrected chi connectivity index (χ0v) is 11.9. The van der Waals surface area contributed by atoms with E-state index in [9.17, 15) is 0 Å². The number of nitrogens with one attached hydrogen (secondary N) is 1. The number of anilines is 2. The van der Waals surface area contributed by atoms with Crippen LogP contribution in [0.25, 0.3) is 0 Å². The Morgan fingerprint density at radius 1 is 1.33 bits per heavy atom. The molecule has 0 amide bonds. The van der Waals surface area contributed by atoms with Crippen LogP contribution in [0.5, 0.6) is 0 Å². The highest BCUT2D eigenvalue weighted by Gasteiger charge is 2.10. The maximum Gasteiger partial charge on any atom is 0.128 e. The SMILES string of the molecule is CCC(Nc1ccc(N(C)C)nc1)c1cccs1. The van der Waals surface area contributed by atoms with Crippen LogP contribution in [0.2, 0.25) is 0 Å². The van der Waals surface area contributed by atoms with Crippen molar-refractivity contribution >= 4 is 22.8 Å². The molecule has 0 saturated carbocycles. The molecular formula is C14H19N3S. The number of rotatable bonds is 5. The molecule has 0 aliphatic heterocycles. The van der Waals surface area contributed by atoms with Crippen LogP contribution in [-0.2, 0) is 0 Å². The molecule has 0 saturated heterocycles. The zero-order valence-electron chi connectivity index (χ0n) is 11.1. The molecule has 0 fully saturated rings. The molecule has 0 spiro atoms. The van der Waals surface area contributed by atoms with E-state index in [1.807, 2.05) is 31.3 Å². The molecule has 0 bridgehead atoms. The smallest absolute Gasteiger partial charge is 0.128 e. The minimum Gasteiger partial charge on any atom is -0.376 e. The largest absolute Gasteiger partial charge is 0.376 e. The van der Waals surface area contributed by atoms with E-state index in [0.29, 0.717) is 6.04 Å². The fourth-order valence-corrected chi connectivity index (χ4v) is 2.66. The summed E-state index contributed by atoms with van der Waals surface area (Å²) in [7, 11) is 3.99. The second kappa shape index (κ2) is 5.87. The van der Waals surface area contributed by atoms with E-state index in [0.717, 1.165) is 17.9 Å². The van der Waals surface area contributed by atoms with Gasteiger partial charge in [0.15, 0.2) is 0 Å². The number of pyridine rings is 1. The Kier molecular flexibility index (Phi) is 4.20. The Morgan fingerprint density at radius 2 is 2.17 bits per heavy atom. The molecule has 2 heterocycles. The van der Waals surface area contributed by atoms with Crippen LogP contribution in [0.4, 0.5) is 11.5 Å². The Labute approximate surface area is 112 Å². The summed E-state index contributed by atoms with van der Waals surface area (Å²) in [5.41, 5.74) is 1.07. The number of hydrogen-bond acceptors (Lipinski definition) is 4. The highest BCUT2D eigenvalue weighted by atomic mass is 32.1. The van der Waals surface area contributed by atoms with E-state index in [-0.39, 0.29) is 0 Å². The van der Waals surface area contributed by atoms with Gasteiger partial charge in [-0.2, -0.15) is 0 Å². The molecule has 0 aromatic carbocycles. The van der Waals surface area contributed by atoms with Crippen molar-refractivity contribution in [1.29, 1.82) is 0 Å². The van der Waals surface area contributed by atoms with E-state index in [1.165, 1.54) is 4.88 Å². The van der Waals surface area contributed by atoms with E-state index < -0.39 is 0 Å². The lowest BCUT2D eigenvalue weighted by Gasteiger charge is -2.17. The van der Waals surface area contributed by atoms with Gasteiger partial charge in [-0.25, -0.2) is 4.98 Å². The van der Waals surface area contributed by atoms with Gasteiger partial charge < -0.3 is 10.2 Å². The summed E-state index contributed by atoms with van der Waals surface area (Å²) >= 11 is 1.79. The highest BCUT2D eigenvalue weighted by molar-refractivity contribution is 7.10. The predicted octanol–water partition coefficient (Wildman–Crippen LogP) is 3.77. The first kappa shape index (κ1) is 12.9. The summed E-state index contributed by atoms with van der Waals surface area (Å²) in [6.07, 6.45) is 2.96. The fraction of sp³-hybridized carbons (Fsp3) is 0.357. The molecule has 2 rings (SSSR count). The van der Waals surface area contributed by atoms with Crippen molar-refractivity contribution in [2.45, 2.75) is 19.4 Å². The van der Waals surface area contributed by atoms with Gasteiger partial charge in [0.2, 0.25) is 0 Å².